The molecule has 2 nitrogen and oxygen atoms in total. The van der Waals surface area contributed by atoms with Gasteiger partial charge in [0, 0.05) is 12.5 Å². The van der Waals surface area contributed by atoms with Crippen molar-refractivity contribution < 1.29 is 4.79 Å². The van der Waals surface area contributed by atoms with Gasteiger partial charge in [-0.3, -0.25) is 4.79 Å². The average molecular weight is 219 g/mol. The van der Waals surface area contributed by atoms with Gasteiger partial charge < -0.3 is 5.32 Å². The van der Waals surface area contributed by atoms with E-state index in [1.165, 1.54) is 32.1 Å². The molecule has 0 aliphatic heterocycles. The first-order valence-corrected chi connectivity index (χ1v) is 6.83. The van der Waals surface area contributed by atoms with E-state index in [0.717, 1.165) is 23.7 Å². The summed E-state index contributed by atoms with van der Waals surface area (Å²) in [7, 11) is 0. The lowest BCUT2D eigenvalue weighted by atomic mass is 9.52. The Labute approximate surface area is 97.2 Å². The highest BCUT2D eigenvalue weighted by Crippen LogP contribution is 2.79. The zero-order valence-corrected chi connectivity index (χ0v) is 10.3. The van der Waals surface area contributed by atoms with Crippen LogP contribution in [0, 0.1) is 29.1 Å². The Bertz CT molecular complexity index is 379. The molecule has 5 rings (SSSR count). The Balaban J connectivity index is 1.71. The molecule has 0 aromatic heterocycles. The van der Waals surface area contributed by atoms with Crippen LogP contribution in [-0.4, -0.2) is 11.4 Å². The van der Waals surface area contributed by atoms with Gasteiger partial charge in [0.1, 0.15) is 0 Å². The molecule has 5 fully saturated rings. The molecule has 4 bridgehead atoms. The topological polar surface area (TPSA) is 29.1 Å². The molecule has 88 valence electrons. The standard InChI is InChI=1S/C14H21NO/c1-8-12-11-3-10-4-13(6-11,15-9(2)16)7-14(8,12)5-10/h8,10-12H,3-7H2,1-2H3,(H,15,16)/t8?,10?,11?,12-,13-,14?/m0/s1. The summed E-state index contributed by atoms with van der Waals surface area (Å²) in [4.78, 5) is 11.4. The first kappa shape index (κ1) is 9.49. The van der Waals surface area contributed by atoms with Gasteiger partial charge in [-0.2, -0.15) is 0 Å². The maximum absolute atomic E-state index is 11.4. The summed E-state index contributed by atoms with van der Waals surface area (Å²) in [6.07, 6.45) is 6.76. The third kappa shape index (κ3) is 0.930. The van der Waals surface area contributed by atoms with Gasteiger partial charge in [-0.25, -0.2) is 0 Å². The first-order valence-electron chi connectivity index (χ1n) is 6.83. The maximum atomic E-state index is 11.4. The second kappa shape index (κ2) is 2.49. The van der Waals surface area contributed by atoms with E-state index in [2.05, 4.69) is 12.2 Å². The van der Waals surface area contributed by atoms with Crippen LogP contribution in [0.2, 0.25) is 0 Å². The van der Waals surface area contributed by atoms with Crippen molar-refractivity contribution >= 4 is 5.91 Å². The smallest absolute Gasteiger partial charge is 0.217 e. The molecule has 4 unspecified atom stereocenters. The van der Waals surface area contributed by atoms with E-state index < -0.39 is 0 Å². The molecule has 2 heteroatoms. The van der Waals surface area contributed by atoms with Crippen molar-refractivity contribution in [1.29, 1.82) is 0 Å². The first-order chi connectivity index (χ1) is 7.55. The van der Waals surface area contributed by atoms with Crippen LogP contribution in [-0.2, 0) is 4.79 Å². The summed E-state index contributed by atoms with van der Waals surface area (Å²) in [6.45, 7) is 4.14. The van der Waals surface area contributed by atoms with Gasteiger partial charge in [-0.15, -0.1) is 0 Å². The molecule has 0 heterocycles. The van der Waals surface area contributed by atoms with Crippen molar-refractivity contribution in [3.8, 4) is 0 Å². The van der Waals surface area contributed by atoms with E-state index in [0.29, 0.717) is 5.41 Å². The molecule has 5 saturated carbocycles. The third-order valence-electron chi connectivity index (χ3n) is 6.25. The Hall–Kier alpha value is -0.530. The largest absolute Gasteiger partial charge is 0.351 e. The minimum Gasteiger partial charge on any atom is -0.351 e. The molecule has 5 aliphatic carbocycles. The van der Waals surface area contributed by atoms with Gasteiger partial charge in [0.05, 0.1) is 0 Å². The summed E-state index contributed by atoms with van der Waals surface area (Å²) in [5.74, 6) is 4.00. The quantitative estimate of drug-likeness (QED) is 0.720. The lowest BCUT2D eigenvalue weighted by Gasteiger charge is -2.56. The minimum atomic E-state index is 0.184. The van der Waals surface area contributed by atoms with Crippen LogP contribution in [0.4, 0.5) is 0 Å². The van der Waals surface area contributed by atoms with E-state index in [-0.39, 0.29) is 11.4 Å². The summed E-state index contributed by atoms with van der Waals surface area (Å²) in [5.41, 5.74) is 0.867. The second-order valence-corrected chi connectivity index (χ2v) is 7.16. The lowest BCUT2D eigenvalue weighted by molar-refractivity contribution is -0.125. The van der Waals surface area contributed by atoms with Crippen molar-refractivity contribution in [2.24, 2.45) is 29.1 Å². The highest BCUT2D eigenvalue weighted by Gasteiger charge is 2.74. The molecule has 0 radical (unpaired) electrons. The van der Waals surface area contributed by atoms with Crippen molar-refractivity contribution in [2.45, 2.75) is 51.5 Å². The minimum absolute atomic E-state index is 0.184. The number of hydrogen-bond acceptors (Lipinski definition) is 1. The van der Waals surface area contributed by atoms with Crippen LogP contribution in [0.5, 0.6) is 0 Å². The molecular weight excluding hydrogens is 198 g/mol. The normalized spacial score (nSPS) is 60.6. The number of hydrogen-bond donors (Lipinski definition) is 1. The molecule has 1 spiro atoms. The van der Waals surface area contributed by atoms with Crippen LogP contribution in [0.1, 0.15) is 46.0 Å². The van der Waals surface area contributed by atoms with Gasteiger partial charge in [-0.05, 0) is 61.2 Å². The van der Waals surface area contributed by atoms with Gasteiger partial charge >= 0.3 is 0 Å². The highest BCUT2D eigenvalue weighted by atomic mass is 16.1. The van der Waals surface area contributed by atoms with E-state index in [4.69, 9.17) is 0 Å². The average Bonchev–Trinajstić information content (AvgIpc) is 2.66. The summed E-state index contributed by atoms with van der Waals surface area (Å²) < 4.78 is 0. The van der Waals surface area contributed by atoms with Crippen molar-refractivity contribution in [3.63, 3.8) is 0 Å². The van der Waals surface area contributed by atoms with Crippen LogP contribution >= 0.6 is 0 Å². The Kier molecular flexibility index (Phi) is 1.48. The SMILES string of the molecule is CC(=O)N[C@@]12CC3CC(C1)[C@@H]1C(C)C1(C3)C2. The Morgan fingerprint density at radius 1 is 1.31 bits per heavy atom. The van der Waals surface area contributed by atoms with Crippen LogP contribution < -0.4 is 5.32 Å². The summed E-state index contributed by atoms with van der Waals surface area (Å²) in [6, 6.07) is 0. The zero-order valence-electron chi connectivity index (χ0n) is 10.3. The van der Waals surface area contributed by atoms with Crippen molar-refractivity contribution in [2.75, 3.05) is 0 Å². The molecular formula is C14H21NO. The van der Waals surface area contributed by atoms with Crippen LogP contribution in [0.3, 0.4) is 0 Å². The monoisotopic (exact) mass is 219 g/mol. The summed E-state index contributed by atoms with van der Waals surface area (Å²) in [5, 5.41) is 3.32. The predicted molar refractivity (Wildman–Crippen MR) is 61.7 cm³/mol. The Morgan fingerprint density at radius 3 is 2.81 bits per heavy atom. The number of carbonyl (C=O) groups is 1. The molecule has 6 atom stereocenters. The van der Waals surface area contributed by atoms with E-state index in [9.17, 15) is 4.79 Å². The molecule has 0 saturated heterocycles. The molecule has 0 aromatic carbocycles. The summed E-state index contributed by atoms with van der Waals surface area (Å²) >= 11 is 0. The predicted octanol–water partition coefficient (Wildman–Crippen LogP) is 2.34. The van der Waals surface area contributed by atoms with Gasteiger partial charge in [0.15, 0.2) is 0 Å². The fourth-order valence-electron chi connectivity index (χ4n) is 6.28. The van der Waals surface area contributed by atoms with Crippen molar-refractivity contribution in [3.05, 3.63) is 0 Å². The maximum Gasteiger partial charge on any atom is 0.217 e. The van der Waals surface area contributed by atoms with Gasteiger partial charge in [-0.1, -0.05) is 6.92 Å². The zero-order chi connectivity index (χ0) is 11.1. The van der Waals surface area contributed by atoms with Crippen molar-refractivity contribution in [1.82, 2.24) is 5.32 Å². The lowest BCUT2D eigenvalue weighted by Crippen LogP contribution is -2.60. The fraction of sp³-hybridized carbons (Fsp3) is 0.929. The number of nitrogens with one attached hydrogen (secondary N) is 1. The molecule has 16 heavy (non-hydrogen) atoms. The third-order valence-corrected chi connectivity index (χ3v) is 6.25. The molecule has 1 N–H and O–H groups in total. The van der Waals surface area contributed by atoms with Gasteiger partial charge in [0.2, 0.25) is 5.91 Å². The fourth-order valence-corrected chi connectivity index (χ4v) is 6.28. The number of rotatable bonds is 1. The number of carbonyl (C=O) groups excluding carboxylic acids is 1. The molecule has 5 aliphatic rings. The van der Waals surface area contributed by atoms with E-state index in [1.807, 2.05) is 0 Å². The Morgan fingerprint density at radius 2 is 2.12 bits per heavy atom. The van der Waals surface area contributed by atoms with Crippen LogP contribution in [0.25, 0.3) is 0 Å². The van der Waals surface area contributed by atoms with Crippen LogP contribution in [0.15, 0.2) is 0 Å². The van der Waals surface area contributed by atoms with E-state index >= 15 is 0 Å². The second-order valence-electron chi connectivity index (χ2n) is 7.16. The molecule has 0 aromatic rings. The van der Waals surface area contributed by atoms with Gasteiger partial charge in [0.25, 0.3) is 0 Å². The number of amides is 1. The van der Waals surface area contributed by atoms with E-state index in [1.54, 1.807) is 6.92 Å². The molecule has 1 amide bonds. The highest BCUT2D eigenvalue weighted by molar-refractivity contribution is 5.74.